The van der Waals surface area contributed by atoms with E-state index in [1.165, 1.54) is 12.1 Å². The molecule has 0 spiro atoms. The van der Waals surface area contributed by atoms with Gasteiger partial charge in [0, 0.05) is 30.8 Å². The Hall–Kier alpha value is -2.62. The van der Waals surface area contributed by atoms with Crippen LogP contribution in [-0.2, 0) is 4.79 Å². The number of hydrogen-bond donors (Lipinski definition) is 1. The number of carboxylic acids is 1. The fourth-order valence-corrected chi connectivity index (χ4v) is 2.03. The number of nitrogens with zero attached hydrogens (tertiary/aromatic N) is 3. The summed E-state index contributed by atoms with van der Waals surface area (Å²) < 4.78 is 0. The third-order valence-corrected chi connectivity index (χ3v) is 3.04. The number of benzene rings is 1. The molecule has 0 aliphatic heterocycles. The van der Waals surface area contributed by atoms with Crippen LogP contribution in [0.5, 0.6) is 0 Å². The van der Waals surface area contributed by atoms with E-state index in [0.717, 1.165) is 0 Å². The lowest BCUT2D eigenvalue weighted by atomic mass is 10.1. The second-order valence-corrected chi connectivity index (χ2v) is 4.85. The number of anilines is 1. The molecule has 7 heteroatoms. The lowest BCUT2D eigenvalue weighted by molar-refractivity contribution is -0.385. The molecule has 0 radical (unpaired) electrons. The second kappa shape index (κ2) is 7.24. The molecule has 0 aliphatic carbocycles. The third-order valence-electron chi connectivity index (χ3n) is 3.04. The van der Waals surface area contributed by atoms with Gasteiger partial charge in [0.1, 0.15) is 11.6 Å². The van der Waals surface area contributed by atoms with Crippen LogP contribution in [0.3, 0.4) is 0 Å². The van der Waals surface area contributed by atoms with Crippen molar-refractivity contribution >= 4 is 17.3 Å². The molecule has 7 nitrogen and oxygen atoms in total. The Labute approximate surface area is 122 Å². The molecule has 1 N–H and O–H groups in total. The van der Waals surface area contributed by atoms with Crippen molar-refractivity contribution in [2.75, 3.05) is 11.4 Å². The van der Waals surface area contributed by atoms with Crippen molar-refractivity contribution < 1.29 is 14.8 Å². The summed E-state index contributed by atoms with van der Waals surface area (Å²) in [7, 11) is 0. The van der Waals surface area contributed by atoms with Crippen LogP contribution in [0.25, 0.3) is 0 Å². The van der Waals surface area contributed by atoms with Crippen molar-refractivity contribution in [3.8, 4) is 6.07 Å². The molecule has 0 fully saturated rings. The van der Waals surface area contributed by atoms with Crippen LogP contribution in [0.2, 0.25) is 0 Å². The van der Waals surface area contributed by atoms with E-state index in [2.05, 4.69) is 0 Å². The van der Waals surface area contributed by atoms with Crippen LogP contribution in [0.1, 0.15) is 32.3 Å². The first-order chi connectivity index (χ1) is 9.86. The number of carboxylic acid groups (broad SMARTS) is 1. The van der Waals surface area contributed by atoms with Gasteiger partial charge in [0.25, 0.3) is 5.69 Å². The molecule has 1 aromatic rings. The predicted molar refractivity (Wildman–Crippen MR) is 77.2 cm³/mol. The molecule has 0 amide bonds. The SMILES string of the molecule is CC(C)N(CCCC(=O)O)c1ccc(C#N)c([N+](=O)[O-])c1. The van der Waals surface area contributed by atoms with Gasteiger partial charge in [0.05, 0.1) is 4.92 Å². The molecule has 0 saturated carbocycles. The van der Waals surface area contributed by atoms with E-state index in [-0.39, 0.29) is 23.7 Å². The highest BCUT2D eigenvalue weighted by Crippen LogP contribution is 2.26. The number of nitro groups is 1. The average Bonchev–Trinajstić information content (AvgIpc) is 2.42. The summed E-state index contributed by atoms with van der Waals surface area (Å²) in [5.74, 6) is -0.871. The zero-order valence-electron chi connectivity index (χ0n) is 11.9. The van der Waals surface area contributed by atoms with Crippen molar-refractivity contribution in [3.63, 3.8) is 0 Å². The topological polar surface area (TPSA) is 107 Å². The summed E-state index contributed by atoms with van der Waals surface area (Å²) in [6.07, 6.45) is 0.489. The monoisotopic (exact) mass is 291 g/mol. The maximum absolute atomic E-state index is 11.0. The van der Waals surface area contributed by atoms with E-state index in [0.29, 0.717) is 18.7 Å². The van der Waals surface area contributed by atoms with Crippen LogP contribution in [0, 0.1) is 21.4 Å². The summed E-state index contributed by atoms with van der Waals surface area (Å²) in [5.41, 5.74) is 0.387. The number of aliphatic carboxylic acids is 1. The number of carbonyl (C=O) groups is 1. The van der Waals surface area contributed by atoms with Crippen molar-refractivity contribution in [2.24, 2.45) is 0 Å². The fraction of sp³-hybridized carbons (Fsp3) is 0.429. The second-order valence-electron chi connectivity index (χ2n) is 4.85. The summed E-state index contributed by atoms with van der Waals surface area (Å²) in [5, 5.41) is 28.5. The minimum Gasteiger partial charge on any atom is -0.481 e. The Kier molecular flexibility index (Phi) is 5.67. The van der Waals surface area contributed by atoms with Crippen LogP contribution in [0.4, 0.5) is 11.4 Å². The van der Waals surface area contributed by atoms with E-state index in [4.69, 9.17) is 10.4 Å². The Morgan fingerprint density at radius 1 is 1.52 bits per heavy atom. The largest absolute Gasteiger partial charge is 0.481 e. The van der Waals surface area contributed by atoms with Crippen molar-refractivity contribution in [1.29, 1.82) is 5.26 Å². The quantitative estimate of drug-likeness (QED) is 0.611. The molecule has 0 saturated heterocycles. The van der Waals surface area contributed by atoms with Gasteiger partial charge in [-0.15, -0.1) is 0 Å². The molecule has 0 aliphatic rings. The van der Waals surface area contributed by atoms with Crippen molar-refractivity contribution in [1.82, 2.24) is 0 Å². The van der Waals surface area contributed by atoms with Gasteiger partial charge >= 0.3 is 5.97 Å². The first kappa shape index (κ1) is 16.4. The van der Waals surface area contributed by atoms with E-state index in [9.17, 15) is 14.9 Å². The number of nitriles is 1. The molecule has 0 atom stereocenters. The van der Waals surface area contributed by atoms with Crippen molar-refractivity contribution in [3.05, 3.63) is 33.9 Å². The zero-order chi connectivity index (χ0) is 16.0. The molecule has 0 bridgehead atoms. The smallest absolute Gasteiger partial charge is 0.303 e. The van der Waals surface area contributed by atoms with Gasteiger partial charge in [0.15, 0.2) is 0 Å². The lowest BCUT2D eigenvalue weighted by Crippen LogP contribution is -2.32. The van der Waals surface area contributed by atoms with E-state index in [1.54, 1.807) is 12.1 Å². The molecule has 112 valence electrons. The Morgan fingerprint density at radius 3 is 2.67 bits per heavy atom. The van der Waals surface area contributed by atoms with Crippen LogP contribution in [0.15, 0.2) is 18.2 Å². The predicted octanol–water partition coefficient (Wildman–Crippen LogP) is 2.55. The number of nitro benzene ring substituents is 1. The maximum atomic E-state index is 11.0. The Balaban J connectivity index is 3.03. The molecular formula is C14H17N3O4. The summed E-state index contributed by atoms with van der Waals surface area (Å²) in [6.45, 7) is 4.32. The number of rotatable bonds is 7. The standard InChI is InChI=1S/C14H17N3O4/c1-10(2)16(7-3-4-14(18)19)12-6-5-11(9-15)13(8-12)17(20)21/h5-6,8,10H,3-4,7H2,1-2H3,(H,18,19). The average molecular weight is 291 g/mol. The molecule has 0 aromatic heterocycles. The van der Waals surface area contributed by atoms with Crippen LogP contribution < -0.4 is 4.90 Å². The van der Waals surface area contributed by atoms with E-state index in [1.807, 2.05) is 18.7 Å². The van der Waals surface area contributed by atoms with Crippen molar-refractivity contribution in [2.45, 2.75) is 32.7 Å². The Morgan fingerprint density at radius 2 is 2.19 bits per heavy atom. The summed E-state index contributed by atoms with van der Waals surface area (Å²) >= 11 is 0. The van der Waals surface area contributed by atoms with Gasteiger partial charge in [-0.1, -0.05) is 0 Å². The molecule has 0 heterocycles. The highest BCUT2D eigenvalue weighted by Gasteiger charge is 2.18. The van der Waals surface area contributed by atoms with E-state index < -0.39 is 10.9 Å². The third kappa shape index (κ3) is 4.45. The molecule has 1 rings (SSSR count). The molecule has 1 aromatic carbocycles. The zero-order valence-corrected chi connectivity index (χ0v) is 11.9. The van der Waals surface area contributed by atoms with Gasteiger partial charge in [-0.2, -0.15) is 5.26 Å². The first-order valence-electron chi connectivity index (χ1n) is 6.53. The minimum atomic E-state index is -0.871. The lowest BCUT2D eigenvalue weighted by Gasteiger charge is -2.28. The normalized spacial score (nSPS) is 10.2. The summed E-state index contributed by atoms with van der Waals surface area (Å²) in [4.78, 5) is 22.9. The summed E-state index contributed by atoms with van der Waals surface area (Å²) in [6, 6.07) is 6.28. The van der Waals surface area contributed by atoms with E-state index >= 15 is 0 Å². The van der Waals surface area contributed by atoms with Gasteiger partial charge in [-0.25, -0.2) is 0 Å². The fourth-order valence-electron chi connectivity index (χ4n) is 2.03. The highest BCUT2D eigenvalue weighted by atomic mass is 16.6. The minimum absolute atomic E-state index is 0.0120. The maximum Gasteiger partial charge on any atom is 0.303 e. The Bertz CT molecular complexity index is 578. The van der Waals surface area contributed by atoms with Crippen LogP contribution in [-0.4, -0.2) is 28.6 Å². The number of hydrogen-bond acceptors (Lipinski definition) is 5. The molecule has 0 unspecified atom stereocenters. The van der Waals surface area contributed by atoms with Crippen LogP contribution >= 0.6 is 0 Å². The first-order valence-corrected chi connectivity index (χ1v) is 6.53. The van der Waals surface area contributed by atoms with Gasteiger partial charge < -0.3 is 10.0 Å². The highest BCUT2D eigenvalue weighted by molar-refractivity contribution is 5.66. The molecular weight excluding hydrogens is 274 g/mol. The molecule has 21 heavy (non-hydrogen) atoms. The van der Waals surface area contributed by atoms with Gasteiger partial charge in [0.2, 0.25) is 0 Å². The van der Waals surface area contributed by atoms with Gasteiger partial charge in [-0.3, -0.25) is 14.9 Å². The van der Waals surface area contributed by atoms with Gasteiger partial charge in [-0.05, 0) is 32.4 Å².